The second-order valence-electron chi connectivity index (χ2n) is 5.99. The fourth-order valence-corrected chi connectivity index (χ4v) is 3.06. The number of benzene rings is 3. The topological polar surface area (TPSA) is 46.4 Å². The van der Waals surface area contributed by atoms with Gasteiger partial charge >= 0.3 is 0 Å². The van der Waals surface area contributed by atoms with Gasteiger partial charge < -0.3 is 4.90 Å². The number of rotatable bonds is 4. The van der Waals surface area contributed by atoms with E-state index in [-0.39, 0.29) is 10.6 Å². The highest BCUT2D eigenvalue weighted by Gasteiger charge is 2.17. The van der Waals surface area contributed by atoms with Crippen molar-refractivity contribution in [1.29, 1.82) is 0 Å². The molecule has 3 aromatic carbocycles. The zero-order chi connectivity index (χ0) is 17.9. The van der Waals surface area contributed by atoms with Crippen molar-refractivity contribution in [2.45, 2.75) is 0 Å². The van der Waals surface area contributed by atoms with Crippen LogP contribution in [0.25, 0.3) is 11.6 Å². The lowest BCUT2D eigenvalue weighted by Crippen LogP contribution is -2.09. The Morgan fingerprint density at radius 2 is 1.42 bits per heavy atom. The molecule has 0 fully saturated rings. The van der Waals surface area contributed by atoms with Crippen LogP contribution in [0, 0.1) is 10.1 Å². The molecule has 0 heterocycles. The average molecular weight is 340 g/mol. The molecule has 0 amide bonds. The monoisotopic (exact) mass is 340 g/mol. The van der Waals surface area contributed by atoms with Gasteiger partial charge in [-0.1, -0.05) is 48.6 Å². The quantitative estimate of drug-likeness (QED) is 0.445. The molecule has 1 aliphatic rings. The van der Waals surface area contributed by atoms with Gasteiger partial charge in [-0.05, 0) is 47.0 Å². The first kappa shape index (κ1) is 15.8. The Morgan fingerprint density at radius 1 is 0.808 bits per heavy atom. The number of allylic oxidation sites excluding steroid dienone is 2. The minimum Gasteiger partial charge on any atom is -0.317 e. The lowest BCUT2D eigenvalue weighted by atomic mass is 10.1. The zero-order valence-electron chi connectivity index (χ0n) is 13.9. The normalized spacial score (nSPS) is 13.6. The van der Waals surface area contributed by atoms with Gasteiger partial charge in [0, 0.05) is 29.7 Å². The Hall–Kier alpha value is -3.66. The molecule has 0 radical (unpaired) electrons. The van der Waals surface area contributed by atoms with Gasteiger partial charge in [-0.2, -0.15) is 0 Å². The third kappa shape index (κ3) is 3.00. The summed E-state index contributed by atoms with van der Waals surface area (Å²) in [7, 11) is 0. The molecular weight excluding hydrogens is 324 g/mol. The minimum atomic E-state index is -0.365. The lowest BCUT2D eigenvalue weighted by Gasteiger charge is -2.22. The van der Waals surface area contributed by atoms with E-state index in [2.05, 4.69) is 35.4 Å². The van der Waals surface area contributed by atoms with Crippen molar-refractivity contribution in [3.8, 4) is 0 Å². The molecule has 0 spiro atoms. The maximum Gasteiger partial charge on any atom is 0.270 e. The smallest absolute Gasteiger partial charge is 0.270 e. The molecule has 4 nitrogen and oxygen atoms in total. The van der Waals surface area contributed by atoms with E-state index in [4.69, 9.17) is 0 Å². The maximum absolute atomic E-state index is 11.0. The summed E-state index contributed by atoms with van der Waals surface area (Å²) in [5.41, 5.74) is 5.09. The highest BCUT2D eigenvalue weighted by Crippen LogP contribution is 2.34. The number of nitro benzene ring substituents is 1. The van der Waals surface area contributed by atoms with E-state index < -0.39 is 0 Å². The molecule has 0 aliphatic heterocycles. The number of nitro groups is 1. The fourth-order valence-electron chi connectivity index (χ4n) is 3.06. The maximum atomic E-state index is 11.0. The van der Waals surface area contributed by atoms with Gasteiger partial charge in [-0.15, -0.1) is 0 Å². The molecule has 3 aromatic rings. The summed E-state index contributed by atoms with van der Waals surface area (Å²) in [4.78, 5) is 12.7. The number of anilines is 2. The molecular formula is C22H16N2O2. The first-order valence-corrected chi connectivity index (χ1v) is 8.30. The van der Waals surface area contributed by atoms with Crippen LogP contribution in [0.1, 0.15) is 11.1 Å². The van der Waals surface area contributed by atoms with Gasteiger partial charge in [-0.25, -0.2) is 0 Å². The predicted molar refractivity (Wildman–Crippen MR) is 105 cm³/mol. The molecule has 0 saturated carbocycles. The summed E-state index contributed by atoms with van der Waals surface area (Å²) in [5, 5.41) is 11.0. The van der Waals surface area contributed by atoms with E-state index in [1.54, 1.807) is 12.1 Å². The van der Waals surface area contributed by atoms with Crippen molar-refractivity contribution in [1.82, 2.24) is 0 Å². The summed E-state index contributed by atoms with van der Waals surface area (Å²) < 4.78 is 0. The Labute approximate surface area is 151 Å². The average Bonchev–Trinajstić information content (AvgIpc) is 3.09. The Balaban J connectivity index is 1.78. The summed E-state index contributed by atoms with van der Waals surface area (Å²) in [6.45, 7) is 0. The van der Waals surface area contributed by atoms with E-state index in [1.807, 2.05) is 54.6 Å². The van der Waals surface area contributed by atoms with Crippen molar-refractivity contribution < 1.29 is 4.92 Å². The molecule has 0 atom stereocenters. The number of para-hydroxylation sites is 2. The van der Waals surface area contributed by atoms with E-state index in [1.165, 1.54) is 0 Å². The van der Waals surface area contributed by atoms with Crippen LogP contribution in [0.3, 0.4) is 0 Å². The highest BCUT2D eigenvalue weighted by molar-refractivity contribution is 5.92. The van der Waals surface area contributed by atoms with Crippen LogP contribution < -0.4 is 4.90 Å². The van der Waals surface area contributed by atoms with Crippen molar-refractivity contribution in [3.05, 3.63) is 112 Å². The van der Waals surface area contributed by atoms with Crippen molar-refractivity contribution >= 4 is 28.7 Å². The number of nitrogens with zero attached hydrogens (tertiary/aromatic N) is 2. The third-order valence-electron chi connectivity index (χ3n) is 4.34. The van der Waals surface area contributed by atoms with Crippen LogP contribution in [0.15, 0.2) is 91.1 Å². The lowest BCUT2D eigenvalue weighted by molar-refractivity contribution is -0.384. The summed E-state index contributed by atoms with van der Waals surface area (Å²) in [6, 6.07) is 25.2. The molecule has 4 heteroatoms. The Bertz CT molecular complexity index is 969. The second-order valence-corrected chi connectivity index (χ2v) is 5.99. The van der Waals surface area contributed by atoms with Crippen molar-refractivity contribution in [3.63, 3.8) is 0 Å². The molecule has 0 aromatic heterocycles. The van der Waals surface area contributed by atoms with Crippen LogP contribution in [0.2, 0.25) is 0 Å². The molecule has 4 rings (SSSR count). The molecule has 1 aliphatic carbocycles. The fraction of sp³-hybridized carbons (Fsp3) is 0. The van der Waals surface area contributed by atoms with Crippen LogP contribution in [0.5, 0.6) is 0 Å². The van der Waals surface area contributed by atoms with Crippen LogP contribution in [0.4, 0.5) is 17.1 Å². The van der Waals surface area contributed by atoms with Gasteiger partial charge in [0.2, 0.25) is 0 Å². The molecule has 26 heavy (non-hydrogen) atoms. The van der Waals surface area contributed by atoms with E-state index in [0.717, 1.165) is 28.1 Å². The standard InChI is InChI=1S/C22H16N2O2/c25-24(26)21-13-14-22-17(15-21)11-12-18(22)16-23(19-7-3-1-4-8-19)20-9-5-2-6-10-20/h1-16H/b18-16+. The molecule has 0 saturated heterocycles. The predicted octanol–water partition coefficient (Wildman–Crippen LogP) is 5.80. The summed E-state index contributed by atoms with van der Waals surface area (Å²) >= 11 is 0. The molecule has 0 bridgehead atoms. The first-order chi connectivity index (χ1) is 12.7. The second kappa shape index (κ2) is 6.69. The SMILES string of the molecule is O=[N+]([O-])c1ccc2c(c1)C=C/C2=C\N(c1ccccc1)c1ccccc1. The van der Waals surface area contributed by atoms with Gasteiger partial charge in [0.15, 0.2) is 0 Å². The van der Waals surface area contributed by atoms with Gasteiger partial charge in [0.05, 0.1) is 4.92 Å². The summed E-state index contributed by atoms with van der Waals surface area (Å²) in [5.74, 6) is 0. The van der Waals surface area contributed by atoms with Gasteiger partial charge in [0.1, 0.15) is 0 Å². The van der Waals surface area contributed by atoms with E-state index in [0.29, 0.717) is 0 Å². The van der Waals surface area contributed by atoms with Crippen molar-refractivity contribution in [2.75, 3.05) is 4.90 Å². The van der Waals surface area contributed by atoms with Gasteiger partial charge in [0.25, 0.3) is 5.69 Å². The Kier molecular flexibility index (Phi) is 4.07. The number of fused-ring (bicyclic) bond motifs is 1. The largest absolute Gasteiger partial charge is 0.317 e. The van der Waals surface area contributed by atoms with Crippen molar-refractivity contribution in [2.24, 2.45) is 0 Å². The minimum absolute atomic E-state index is 0.109. The Morgan fingerprint density at radius 3 is 2.00 bits per heavy atom. The molecule has 0 N–H and O–H groups in total. The van der Waals surface area contributed by atoms with Gasteiger partial charge in [-0.3, -0.25) is 10.1 Å². The molecule has 0 unspecified atom stereocenters. The van der Waals surface area contributed by atoms with E-state index in [9.17, 15) is 10.1 Å². The number of non-ortho nitro benzene ring substituents is 1. The van der Waals surface area contributed by atoms with Crippen LogP contribution >= 0.6 is 0 Å². The number of hydrogen-bond acceptors (Lipinski definition) is 3. The number of hydrogen-bond donors (Lipinski definition) is 0. The zero-order valence-corrected chi connectivity index (χ0v) is 13.9. The summed E-state index contributed by atoms with van der Waals surface area (Å²) in [6.07, 6.45) is 5.98. The molecule has 126 valence electrons. The highest BCUT2D eigenvalue weighted by atomic mass is 16.6. The first-order valence-electron chi connectivity index (χ1n) is 8.30. The van der Waals surface area contributed by atoms with E-state index >= 15 is 0 Å². The third-order valence-corrected chi connectivity index (χ3v) is 4.34. The van der Waals surface area contributed by atoms with Crippen LogP contribution in [-0.2, 0) is 0 Å². The van der Waals surface area contributed by atoms with Crippen LogP contribution in [-0.4, -0.2) is 4.92 Å².